The van der Waals surface area contributed by atoms with E-state index in [1.165, 1.54) is 0 Å². The molecule has 0 spiro atoms. The third kappa shape index (κ3) is 3.18. The second-order valence-electron chi connectivity index (χ2n) is 3.51. The van der Waals surface area contributed by atoms with Crippen LogP contribution in [-0.2, 0) is 0 Å². The van der Waals surface area contributed by atoms with E-state index in [9.17, 15) is 5.11 Å². The van der Waals surface area contributed by atoms with E-state index < -0.39 is 0 Å². The Labute approximate surface area is 105 Å². The average Bonchev–Trinajstić information content (AvgIpc) is 2.89. The van der Waals surface area contributed by atoms with Crippen molar-refractivity contribution in [1.82, 2.24) is 9.97 Å². The molecule has 90 valence electrons. The molecule has 2 N–H and O–H groups in total. The predicted molar refractivity (Wildman–Crippen MR) is 68.2 cm³/mol. The Balaban J connectivity index is 0.000000169. The highest BCUT2D eigenvalue weighted by molar-refractivity contribution is 5.21. The van der Waals surface area contributed by atoms with Crippen molar-refractivity contribution < 1.29 is 9.67 Å². The number of rotatable bonds is 1. The van der Waals surface area contributed by atoms with Gasteiger partial charge >= 0.3 is 6.01 Å². The summed E-state index contributed by atoms with van der Waals surface area (Å²) in [5.41, 5.74) is 0.941. The number of H-pyrrole nitrogens is 1. The Bertz CT molecular complexity index is 537. The molecule has 4 nitrogen and oxygen atoms in total. The number of para-hydroxylation sites is 1. The second-order valence-corrected chi connectivity index (χ2v) is 3.51. The summed E-state index contributed by atoms with van der Waals surface area (Å²) in [6.45, 7) is 0. The molecule has 0 saturated carbocycles. The van der Waals surface area contributed by atoms with Crippen molar-refractivity contribution in [2.24, 2.45) is 0 Å². The summed E-state index contributed by atoms with van der Waals surface area (Å²) in [7, 11) is 0. The fourth-order valence-electron chi connectivity index (χ4n) is 1.44. The Morgan fingerprint density at radius 2 is 1.61 bits per heavy atom. The third-order valence-electron chi connectivity index (χ3n) is 2.27. The van der Waals surface area contributed by atoms with Crippen molar-refractivity contribution in [1.29, 1.82) is 0 Å². The van der Waals surface area contributed by atoms with E-state index in [-0.39, 0.29) is 6.01 Å². The molecule has 2 aromatic heterocycles. The molecule has 0 radical (unpaired) electrons. The first-order valence-electron chi connectivity index (χ1n) is 5.56. The maximum absolute atomic E-state index is 9.31. The SMILES string of the molecule is Oc1[nH]cc[n+]1-c1ccccc1.c1ccncc1. The molecule has 0 bridgehead atoms. The van der Waals surface area contributed by atoms with Crippen molar-refractivity contribution in [3.8, 4) is 11.7 Å². The zero-order chi connectivity index (χ0) is 12.6. The van der Waals surface area contributed by atoms with E-state index in [0.29, 0.717) is 0 Å². The number of hydrogen-bond donors (Lipinski definition) is 2. The molecule has 0 aliphatic rings. The van der Waals surface area contributed by atoms with Crippen molar-refractivity contribution in [3.05, 3.63) is 73.3 Å². The molecule has 0 saturated heterocycles. The van der Waals surface area contributed by atoms with Crippen LogP contribution in [0.15, 0.2) is 73.3 Å². The van der Waals surface area contributed by atoms with E-state index >= 15 is 0 Å². The van der Waals surface area contributed by atoms with Crippen LogP contribution in [0.2, 0.25) is 0 Å². The predicted octanol–water partition coefficient (Wildman–Crippen LogP) is 2.08. The molecule has 0 fully saturated rings. The van der Waals surface area contributed by atoms with Crippen LogP contribution in [0.25, 0.3) is 5.69 Å². The molecule has 0 amide bonds. The highest BCUT2D eigenvalue weighted by Gasteiger charge is 2.08. The minimum absolute atomic E-state index is 0.140. The minimum Gasteiger partial charge on any atom is -0.446 e. The van der Waals surface area contributed by atoms with Crippen LogP contribution in [0.1, 0.15) is 0 Å². The minimum atomic E-state index is 0.140. The summed E-state index contributed by atoms with van der Waals surface area (Å²) in [6.07, 6.45) is 6.95. The van der Waals surface area contributed by atoms with Gasteiger partial charge in [-0.15, -0.1) is 0 Å². The van der Waals surface area contributed by atoms with Gasteiger partial charge in [0.25, 0.3) is 0 Å². The maximum atomic E-state index is 9.31. The second kappa shape index (κ2) is 6.20. The standard InChI is InChI=1S/C9H8N2O.C5H5N/c12-9-10-6-7-11(9)8-4-2-1-3-5-8;1-2-4-6-5-3-1/h1-7H,(H,10,12);1-5H/p+1. The molecule has 0 aliphatic heterocycles. The summed E-state index contributed by atoms with van der Waals surface area (Å²) >= 11 is 0. The van der Waals surface area contributed by atoms with Crippen LogP contribution < -0.4 is 4.57 Å². The van der Waals surface area contributed by atoms with Gasteiger partial charge < -0.3 is 5.11 Å². The molecule has 0 aliphatic carbocycles. The van der Waals surface area contributed by atoms with Crippen molar-refractivity contribution in [2.75, 3.05) is 0 Å². The Morgan fingerprint density at radius 1 is 0.944 bits per heavy atom. The fourth-order valence-corrected chi connectivity index (χ4v) is 1.44. The normalized spacial score (nSPS) is 9.33. The maximum Gasteiger partial charge on any atom is 0.456 e. The number of nitrogens with zero attached hydrogens (tertiary/aromatic N) is 2. The fraction of sp³-hybridized carbons (Fsp3) is 0. The summed E-state index contributed by atoms with van der Waals surface area (Å²) in [5.74, 6) is 0. The monoisotopic (exact) mass is 240 g/mol. The van der Waals surface area contributed by atoms with E-state index in [1.807, 2.05) is 48.5 Å². The van der Waals surface area contributed by atoms with Crippen LogP contribution in [0.4, 0.5) is 0 Å². The summed E-state index contributed by atoms with van der Waals surface area (Å²) in [5, 5.41) is 9.31. The molecule has 18 heavy (non-hydrogen) atoms. The van der Waals surface area contributed by atoms with Crippen LogP contribution in [0.3, 0.4) is 0 Å². The van der Waals surface area contributed by atoms with Gasteiger partial charge in [0, 0.05) is 12.4 Å². The van der Waals surface area contributed by atoms with Gasteiger partial charge in [0.05, 0.1) is 0 Å². The molecule has 3 rings (SSSR count). The summed E-state index contributed by atoms with van der Waals surface area (Å²) < 4.78 is 1.67. The van der Waals surface area contributed by atoms with Gasteiger partial charge in [0.15, 0.2) is 0 Å². The average molecular weight is 240 g/mol. The lowest BCUT2D eigenvalue weighted by Gasteiger charge is -1.93. The molecule has 2 heterocycles. The quantitative estimate of drug-likeness (QED) is 0.640. The number of imidazole rings is 1. The number of pyridine rings is 1. The lowest BCUT2D eigenvalue weighted by atomic mass is 10.3. The molecule has 4 heteroatoms. The Hall–Kier alpha value is -2.62. The largest absolute Gasteiger partial charge is 0.456 e. The lowest BCUT2D eigenvalue weighted by molar-refractivity contribution is -0.602. The number of aromatic nitrogens is 3. The summed E-state index contributed by atoms with van der Waals surface area (Å²) in [6, 6.07) is 15.5. The number of benzene rings is 1. The highest BCUT2D eigenvalue weighted by atomic mass is 16.3. The first-order chi connectivity index (χ1) is 8.88. The van der Waals surface area contributed by atoms with Gasteiger partial charge in [-0.25, -0.2) is 4.98 Å². The van der Waals surface area contributed by atoms with E-state index in [0.717, 1.165) is 5.69 Å². The molecule has 3 aromatic rings. The Morgan fingerprint density at radius 3 is 2.06 bits per heavy atom. The first-order valence-corrected chi connectivity index (χ1v) is 5.56. The molecule has 0 unspecified atom stereocenters. The zero-order valence-electron chi connectivity index (χ0n) is 9.77. The Kier molecular flexibility index (Phi) is 4.08. The molecular weight excluding hydrogens is 226 g/mol. The number of aromatic amines is 1. The van der Waals surface area contributed by atoms with Crippen molar-refractivity contribution in [2.45, 2.75) is 0 Å². The number of hydrogen-bond acceptors (Lipinski definition) is 2. The van der Waals surface area contributed by atoms with E-state index in [1.54, 1.807) is 29.4 Å². The van der Waals surface area contributed by atoms with Crippen LogP contribution in [0, 0.1) is 0 Å². The smallest absolute Gasteiger partial charge is 0.446 e. The van der Waals surface area contributed by atoms with Crippen LogP contribution in [0.5, 0.6) is 6.01 Å². The van der Waals surface area contributed by atoms with Gasteiger partial charge in [-0.05, 0) is 24.3 Å². The van der Waals surface area contributed by atoms with Gasteiger partial charge in [-0.1, -0.05) is 24.3 Å². The number of nitrogens with one attached hydrogen (secondary N) is 1. The summed E-state index contributed by atoms with van der Waals surface area (Å²) in [4.78, 5) is 6.47. The third-order valence-corrected chi connectivity index (χ3v) is 2.27. The molecule has 1 aromatic carbocycles. The van der Waals surface area contributed by atoms with Crippen LogP contribution in [-0.4, -0.2) is 15.1 Å². The molecule has 0 atom stereocenters. The molecular formula is C14H14N3O+. The van der Waals surface area contributed by atoms with Gasteiger partial charge in [0.2, 0.25) is 0 Å². The van der Waals surface area contributed by atoms with Crippen molar-refractivity contribution in [3.63, 3.8) is 0 Å². The zero-order valence-corrected chi connectivity index (χ0v) is 9.77. The van der Waals surface area contributed by atoms with Gasteiger partial charge in [-0.3, -0.25) is 4.98 Å². The topological polar surface area (TPSA) is 52.8 Å². The van der Waals surface area contributed by atoms with Crippen molar-refractivity contribution >= 4 is 0 Å². The highest BCUT2D eigenvalue weighted by Crippen LogP contribution is 2.02. The van der Waals surface area contributed by atoms with Gasteiger partial charge in [0.1, 0.15) is 18.1 Å². The number of aromatic hydroxyl groups is 1. The first kappa shape index (κ1) is 11.9. The van der Waals surface area contributed by atoms with Gasteiger partial charge in [-0.2, -0.15) is 4.57 Å². The van der Waals surface area contributed by atoms with E-state index in [4.69, 9.17) is 0 Å². The van der Waals surface area contributed by atoms with E-state index in [2.05, 4.69) is 9.97 Å². The lowest BCUT2D eigenvalue weighted by Crippen LogP contribution is -2.27. The van der Waals surface area contributed by atoms with Crippen LogP contribution >= 0.6 is 0 Å².